The molecule has 1 amide bonds. The highest BCUT2D eigenvalue weighted by Gasteiger charge is 2.17. The zero-order valence-corrected chi connectivity index (χ0v) is 14.2. The van der Waals surface area contributed by atoms with Gasteiger partial charge in [-0.2, -0.15) is 0 Å². The smallest absolute Gasteiger partial charge is 0.273 e. The zero-order chi connectivity index (χ0) is 18.4. The molecule has 3 rings (SSSR count). The van der Waals surface area contributed by atoms with Crippen molar-refractivity contribution in [1.29, 1.82) is 0 Å². The summed E-state index contributed by atoms with van der Waals surface area (Å²) in [6.45, 7) is 1.31. The van der Waals surface area contributed by atoms with Gasteiger partial charge in [-0.3, -0.25) is 14.9 Å². The van der Waals surface area contributed by atoms with Gasteiger partial charge in [0.05, 0.1) is 17.4 Å². The summed E-state index contributed by atoms with van der Waals surface area (Å²) in [5.74, 6) is 0.393. The van der Waals surface area contributed by atoms with E-state index in [2.05, 4.69) is 5.32 Å². The Morgan fingerprint density at radius 1 is 1.23 bits per heavy atom. The Hall–Kier alpha value is -2.93. The van der Waals surface area contributed by atoms with E-state index in [0.717, 1.165) is 19.4 Å². The number of ether oxygens (including phenoxy) is 2. The summed E-state index contributed by atoms with van der Waals surface area (Å²) in [6, 6.07) is 13.3. The van der Waals surface area contributed by atoms with Gasteiger partial charge in [0.25, 0.3) is 5.69 Å². The van der Waals surface area contributed by atoms with E-state index in [-0.39, 0.29) is 24.1 Å². The molecule has 2 aromatic rings. The molecule has 2 aromatic carbocycles. The van der Waals surface area contributed by atoms with Crippen LogP contribution in [0.15, 0.2) is 48.5 Å². The Morgan fingerprint density at radius 2 is 2.00 bits per heavy atom. The van der Waals surface area contributed by atoms with Crippen LogP contribution in [0.1, 0.15) is 18.4 Å². The van der Waals surface area contributed by atoms with Gasteiger partial charge in [0.2, 0.25) is 5.91 Å². The van der Waals surface area contributed by atoms with Crippen molar-refractivity contribution < 1.29 is 19.2 Å². The fraction of sp³-hybridized carbons (Fsp3) is 0.316. The normalized spacial score (nSPS) is 16.2. The first-order chi connectivity index (χ1) is 12.6. The SMILES string of the molecule is O=C(Cc1ccccc1[N+](=O)[O-])Nc1ccc(OCC2CCCO2)cc1. The minimum Gasteiger partial charge on any atom is -0.491 e. The van der Waals surface area contributed by atoms with Crippen LogP contribution >= 0.6 is 0 Å². The van der Waals surface area contributed by atoms with Gasteiger partial charge in [0.15, 0.2) is 0 Å². The van der Waals surface area contributed by atoms with Gasteiger partial charge in [-0.25, -0.2) is 0 Å². The first-order valence-electron chi connectivity index (χ1n) is 8.48. The third-order valence-corrected chi connectivity index (χ3v) is 4.14. The lowest BCUT2D eigenvalue weighted by Gasteiger charge is -2.12. The van der Waals surface area contributed by atoms with E-state index in [1.807, 2.05) is 0 Å². The maximum absolute atomic E-state index is 12.2. The van der Waals surface area contributed by atoms with Gasteiger partial charge < -0.3 is 14.8 Å². The molecule has 0 saturated carbocycles. The number of nitro benzene ring substituents is 1. The van der Waals surface area contributed by atoms with Gasteiger partial charge in [-0.05, 0) is 37.1 Å². The molecule has 1 aliphatic heterocycles. The molecule has 26 heavy (non-hydrogen) atoms. The lowest BCUT2D eigenvalue weighted by Crippen LogP contribution is -2.16. The van der Waals surface area contributed by atoms with E-state index >= 15 is 0 Å². The number of carbonyl (C=O) groups is 1. The fourth-order valence-electron chi connectivity index (χ4n) is 2.82. The molecule has 136 valence electrons. The van der Waals surface area contributed by atoms with Crippen LogP contribution in [0.5, 0.6) is 5.75 Å². The third-order valence-electron chi connectivity index (χ3n) is 4.14. The second-order valence-electron chi connectivity index (χ2n) is 6.08. The van der Waals surface area contributed by atoms with Crippen LogP contribution in [0.25, 0.3) is 0 Å². The summed E-state index contributed by atoms with van der Waals surface area (Å²) in [7, 11) is 0. The number of benzene rings is 2. The predicted octanol–water partition coefficient (Wildman–Crippen LogP) is 3.33. The molecule has 0 aromatic heterocycles. The van der Waals surface area contributed by atoms with Gasteiger partial charge in [-0.15, -0.1) is 0 Å². The quantitative estimate of drug-likeness (QED) is 0.607. The monoisotopic (exact) mass is 356 g/mol. The number of hydrogen-bond acceptors (Lipinski definition) is 5. The van der Waals surface area contributed by atoms with Crippen molar-refractivity contribution in [3.05, 3.63) is 64.2 Å². The largest absolute Gasteiger partial charge is 0.491 e. The van der Waals surface area contributed by atoms with Gasteiger partial charge in [0, 0.05) is 23.9 Å². The number of nitrogens with zero attached hydrogens (tertiary/aromatic N) is 1. The maximum Gasteiger partial charge on any atom is 0.273 e. The first kappa shape index (κ1) is 17.9. The summed E-state index contributed by atoms with van der Waals surface area (Å²) < 4.78 is 11.2. The highest BCUT2D eigenvalue weighted by molar-refractivity contribution is 5.92. The number of rotatable bonds is 7. The zero-order valence-electron chi connectivity index (χ0n) is 14.2. The summed E-state index contributed by atoms with van der Waals surface area (Å²) in [4.78, 5) is 22.7. The van der Waals surface area contributed by atoms with Crippen molar-refractivity contribution >= 4 is 17.3 Å². The molecule has 1 N–H and O–H groups in total. The van der Waals surface area contributed by atoms with Crippen LogP contribution in [-0.2, 0) is 16.0 Å². The summed E-state index contributed by atoms with van der Waals surface area (Å²) in [6.07, 6.45) is 2.17. The Morgan fingerprint density at radius 3 is 2.69 bits per heavy atom. The van der Waals surface area contributed by atoms with Crippen molar-refractivity contribution in [2.24, 2.45) is 0 Å². The van der Waals surface area contributed by atoms with Gasteiger partial charge in [-0.1, -0.05) is 18.2 Å². The molecule has 0 spiro atoms. The van der Waals surface area contributed by atoms with Crippen LogP contribution in [0.4, 0.5) is 11.4 Å². The summed E-state index contributed by atoms with van der Waals surface area (Å²) >= 11 is 0. The predicted molar refractivity (Wildman–Crippen MR) is 96.3 cm³/mol. The molecular formula is C19H20N2O5. The lowest BCUT2D eigenvalue weighted by atomic mass is 10.1. The summed E-state index contributed by atoms with van der Waals surface area (Å²) in [5.41, 5.74) is 0.935. The average Bonchev–Trinajstić information content (AvgIpc) is 3.15. The van der Waals surface area contributed by atoms with Gasteiger partial charge in [0.1, 0.15) is 12.4 Å². The Bertz CT molecular complexity index is 770. The summed E-state index contributed by atoms with van der Waals surface area (Å²) in [5, 5.41) is 13.7. The van der Waals surface area contributed by atoms with E-state index in [4.69, 9.17) is 9.47 Å². The van der Waals surface area contributed by atoms with Crippen molar-refractivity contribution in [2.75, 3.05) is 18.5 Å². The highest BCUT2D eigenvalue weighted by Crippen LogP contribution is 2.20. The molecule has 0 aliphatic carbocycles. The van der Waals surface area contributed by atoms with E-state index < -0.39 is 4.92 Å². The molecule has 7 nitrogen and oxygen atoms in total. The number of para-hydroxylation sites is 1. The maximum atomic E-state index is 12.2. The average molecular weight is 356 g/mol. The van der Waals surface area contributed by atoms with E-state index in [1.54, 1.807) is 42.5 Å². The minimum absolute atomic E-state index is 0.0551. The van der Waals surface area contributed by atoms with E-state index in [9.17, 15) is 14.9 Å². The second kappa shape index (κ2) is 8.44. The molecule has 1 unspecified atom stereocenters. The number of nitrogens with one attached hydrogen (secondary N) is 1. The lowest BCUT2D eigenvalue weighted by molar-refractivity contribution is -0.385. The number of amides is 1. The Labute approximate surface area is 151 Å². The Balaban J connectivity index is 1.53. The Kier molecular flexibility index (Phi) is 5.80. The second-order valence-corrected chi connectivity index (χ2v) is 6.08. The molecule has 0 radical (unpaired) electrons. The molecule has 7 heteroatoms. The highest BCUT2D eigenvalue weighted by atomic mass is 16.6. The number of nitro groups is 1. The number of hydrogen-bond donors (Lipinski definition) is 1. The number of carbonyl (C=O) groups excluding carboxylic acids is 1. The molecule has 1 atom stereocenters. The van der Waals surface area contributed by atoms with Crippen molar-refractivity contribution in [2.45, 2.75) is 25.4 Å². The number of anilines is 1. The molecule has 0 bridgehead atoms. The first-order valence-corrected chi connectivity index (χ1v) is 8.48. The van der Waals surface area contributed by atoms with Crippen molar-refractivity contribution in [1.82, 2.24) is 0 Å². The third kappa shape index (κ3) is 4.80. The standard InChI is InChI=1S/C19H20N2O5/c22-19(12-14-4-1-2-6-18(14)21(23)24)20-15-7-9-16(10-8-15)26-13-17-5-3-11-25-17/h1-2,4,6-10,17H,3,5,11-13H2,(H,20,22). The molecule has 1 fully saturated rings. The molecule has 1 saturated heterocycles. The van der Waals surface area contributed by atoms with Gasteiger partial charge >= 0.3 is 0 Å². The fourth-order valence-corrected chi connectivity index (χ4v) is 2.82. The van der Waals surface area contributed by atoms with E-state index in [1.165, 1.54) is 6.07 Å². The van der Waals surface area contributed by atoms with Crippen LogP contribution in [0, 0.1) is 10.1 Å². The van der Waals surface area contributed by atoms with Crippen molar-refractivity contribution in [3.8, 4) is 5.75 Å². The topological polar surface area (TPSA) is 90.7 Å². The van der Waals surface area contributed by atoms with Crippen LogP contribution in [0.2, 0.25) is 0 Å². The van der Waals surface area contributed by atoms with Crippen molar-refractivity contribution in [3.63, 3.8) is 0 Å². The molecule has 1 heterocycles. The van der Waals surface area contributed by atoms with Crippen LogP contribution in [0.3, 0.4) is 0 Å². The molecular weight excluding hydrogens is 336 g/mol. The van der Waals surface area contributed by atoms with Crippen LogP contribution in [-0.4, -0.2) is 30.1 Å². The molecule has 1 aliphatic rings. The van der Waals surface area contributed by atoms with E-state index in [0.29, 0.717) is 23.6 Å². The van der Waals surface area contributed by atoms with Crippen LogP contribution < -0.4 is 10.1 Å². The minimum atomic E-state index is -0.483.